The molecule has 1 atom stereocenters. The molecule has 0 aliphatic rings. The molecule has 0 radical (unpaired) electrons. The zero-order valence-electron chi connectivity index (χ0n) is 7.08. The maximum atomic E-state index is 5.71. The highest BCUT2D eigenvalue weighted by Gasteiger charge is 2.11. The predicted molar refractivity (Wildman–Crippen MR) is 49.6 cm³/mol. The van der Waals surface area contributed by atoms with Gasteiger partial charge in [0.05, 0.1) is 11.7 Å². The minimum Gasteiger partial charge on any atom is -0.321 e. The monoisotopic (exact) mass is 195 g/mol. The second-order valence-corrected chi connectivity index (χ2v) is 3.50. The number of tetrazole rings is 1. The fourth-order valence-corrected chi connectivity index (χ4v) is 1.65. The van der Waals surface area contributed by atoms with E-state index in [1.807, 2.05) is 23.8 Å². The Morgan fingerprint density at radius 3 is 3.08 bits per heavy atom. The lowest BCUT2D eigenvalue weighted by atomic mass is 10.3. The van der Waals surface area contributed by atoms with Crippen LogP contribution < -0.4 is 5.73 Å². The maximum Gasteiger partial charge on any atom is 0.173 e. The van der Waals surface area contributed by atoms with Crippen LogP contribution in [0.3, 0.4) is 0 Å². The molecule has 2 aromatic rings. The Bertz CT molecular complexity index is 377. The topological polar surface area (TPSA) is 69.6 Å². The second kappa shape index (κ2) is 3.23. The van der Waals surface area contributed by atoms with Gasteiger partial charge in [-0.1, -0.05) is 0 Å². The van der Waals surface area contributed by atoms with Crippen molar-refractivity contribution >= 4 is 11.3 Å². The fourth-order valence-electron chi connectivity index (χ4n) is 1.04. The molecule has 2 heterocycles. The standard InChI is InChI=1S/C7H9N5S/c1-5(8)7-9-10-11-12(7)6-2-3-13-4-6/h2-5H,8H2,1H3. The Balaban J connectivity index is 2.46. The van der Waals surface area contributed by atoms with Crippen LogP contribution in [0, 0.1) is 0 Å². The average molecular weight is 195 g/mol. The van der Waals surface area contributed by atoms with Crippen LogP contribution in [0.25, 0.3) is 5.69 Å². The molecular weight excluding hydrogens is 186 g/mol. The van der Waals surface area contributed by atoms with Crippen LogP contribution in [0.5, 0.6) is 0 Å². The summed E-state index contributed by atoms with van der Waals surface area (Å²) in [6, 6.07) is 1.79. The summed E-state index contributed by atoms with van der Waals surface area (Å²) in [6.45, 7) is 1.86. The number of aromatic nitrogens is 4. The summed E-state index contributed by atoms with van der Waals surface area (Å²) < 4.78 is 1.65. The van der Waals surface area contributed by atoms with Gasteiger partial charge in [-0.2, -0.15) is 16.0 Å². The van der Waals surface area contributed by atoms with Gasteiger partial charge in [0.15, 0.2) is 5.82 Å². The highest BCUT2D eigenvalue weighted by Crippen LogP contribution is 2.14. The fraction of sp³-hybridized carbons (Fsp3) is 0.286. The zero-order valence-corrected chi connectivity index (χ0v) is 7.90. The molecule has 2 rings (SSSR count). The minimum atomic E-state index is -0.158. The molecule has 2 N–H and O–H groups in total. The van der Waals surface area contributed by atoms with Gasteiger partial charge in [0.1, 0.15) is 0 Å². The summed E-state index contributed by atoms with van der Waals surface area (Å²) in [6.07, 6.45) is 0. The number of nitrogens with two attached hydrogens (primary N) is 1. The first-order chi connectivity index (χ1) is 6.29. The molecule has 0 aliphatic carbocycles. The van der Waals surface area contributed by atoms with E-state index in [4.69, 9.17) is 5.73 Å². The molecule has 0 saturated carbocycles. The second-order valence-electron chi connectivity index (χ2n) is 2.72. The summed E-state index contributed by atoms with van der Waals surface area (Å²) in [5, 5.41) is 15.3. The zero-order chi connectivity index (χ0) is 9.26. The Labute approximate surface area is 79.2 Å². The third-order valence-electron chi connectivity index (χ3n) is 1.65. The van der Waals surface area contributed by atoms with E-state index in [-0.39, 0.29) is 6.04 Å². The number of hydrogen-bond donors (Lipinski definition) is 1. The van der Waals surface area contributed by atoms with Crippen molar-refractivity contribution in [2.45, 2.75) is 13.0 Å². The SMILES string of the molecule is CC(N)c1nnnn1-c1ccsc1. The molecule has 2 aromatic heterocycles. The molecule has 1 unspecified atom stereocenters. The third kappa shape index (κ3) is 1.45. The molecule has 0 amide bonds. The van der Waals surface area contributed by atoms with Crippen LogP contribution in [0.15, 0.2) is 16.8 Å². The molecule has 0 bridgehead atoms. The first kappa shape index (κ1) is 8.33. The van der Waals surface area contributed by atoms with E-state index in [1.54, 1.807) is 16.0 Å². The number of nitrogens with zero attached hydrogens (tertiary/aromatic N) is 4. The largest absolute Gasteiger partial charge is 0.321 e. The molecule has 6 heteroatoms. The highest BCUT2D eigenvalue weighted by atomic mass is 32.1. The molecule has 0 fully saturated rings. The van der Waals surface area contributed by atoms with Gasteiger partial charge >= 0.3 is 0 Å². The number of thiophene rings is 1. The Morgan fingerprint density at radius 1 is 1.62 bits per heavy atom. The van der Waals surface area contributed by atoms with E-state index >= 15 is 0 Å². The van der Waals surface area contributed by atoms with E-state index < -0.39 is 0 Å². The van der Waals surface area contributed by atoms with E-state index in [0.29, 0.717) is 5.82 Å². The summed E-state index contributed by atoms with van der Waals surface area (Å²) >= 11 is 1.60. The van der Waals surface area contributed by atoms with E-state index in [9.17, 15) is 0 Å². The Kier molecular flexibility index (Phi) is 2.07. The van der Waals surface area contributed by atoms with Crippen LogP contribution in [0.2, 0.25) is 0 Å². The predicted octanol–water partition coefficient (Wildman–Crippen LogP) is 0.743. The van der Waals surface area contributed by atoms with Crippen LogP contribution >= 0.6 is 11.3 Å². The average Bonchev–Trinajstić information content (AvgIpc) is 2.74. The smallest absolute Gasteiger partial charge is 0.173 e. The molecule has 0 aromatic carbocycles. The van der Waals surface area contributed by atoms with E-state index in [1.165, 1.54) is 0 Å². The van der Waals surface area contributed by atoms with Gasteiger partial charge in [-0.3, -0.25) is 0 Å². The van der Waals surface area contributed by atoms with Crippen molar-refractivity contribution in [3.8, 4) is 5.69 Å². The molecular formula is C7H9N5S. The number of hydrogen-bond acceptors (Lipinski definition) is 5. The van der Waals surface area contributed by atoms with Crippen molar-refractivity contribution in [2.75, 3.05) is 0 Å². The van der Waals surface area contributed by atoms with Gasteiger partial charge in [0.2, 0.25) is 0 Å². The van der Waals surface area contributed by atoms with Crippen molar-refractivity contribution in [3.05, 3.63) is 22.7 Å². The van der Waals surface area contributed by atoms with Crippen LogP contribution in [-0.2, 0) is 0 Å². The van der Waals surface area contributed by atoms with Crippen LogP contribution in [0.1, 0.15) is 18.8 Å². The summed E-state index contributed by atoms with van der Waals surface area (Å²) in [5.74, 6) is 0.679. The Morgan fingerprint density at radius 2 is 2.46 bits per heavy atom. The molecule has 68 valence electrons. The minimum absolute atomic E-state index is 0.158. The van der Waals surface area contributed by atoms with Crippen molar-refractivity contribution in [3.63, 3.8) is 0 Å². The van der Waals surface area contributed by atoms with Crippen molar-refractivity contribution in [1.82, 2.24) is 20.2 Å². The van der Waals surface area contributed by atoms with Gasteiger partial charge in [0, 0.05) is 5.38 Å². The normalized spacial score (nSPS) is 13.1. The lowest BCUT2D eigenvalue weighted by molar-refractivity contribution is 0.689. The van der Waals surface area contributed by atoms with E-state index in [0.717, 1.165) is 5.69 Å². The Hall–Kier alpha value is -1.27. The molecule has 13 heavy (non-hydrogen) atoms. The summed E-state index contributed by atoms with van der Waals surface area (Å²) in [4.78, 5) is 0. The first-order valence-corrected chi connectivity index (χ1v) is 4.80. The lowest BCUT2D eigenvalue weighted by Crippen LogP contribution is -2.12. The summed E-state index contributed by atoms with van der Waals surface area (Å²) in [5.41, 5.74) is 6.67. The molecule has 0 spiro atoms. The van der Waals surface area contributed by atoms with Crippen molar-refractivity contribution < 1.29 is 0 Å². The van der Waals surface area contributed by atoms with Crippen molar-refractivity contribution in [2.24, 2.45) is 5.73 Å². The van der Waals surface area contributed by atoms with Gasteiger partial charge in [-0.05, 0) is 28.8 Å². The van der Waals surface area contributed by atoms with Crippen LogP contribution in [0.4, 0.5) is 0 Å². The van der Waals surface area contributed by atoms with E-state index in [2.05, 4.69) is 15.5 Å². The van der Waals surface area contributed by atoms with Crippen LogP contribution in [-0.4, -0.2) is 20.2 Å². The maximum absolute atomic E-state index is 5.71. The van der Waals surface area contributed by atoms with Crippen molar-refractivity contribution in [1.29, 1.82) is 0 Å². The molecule has 0 aliphatic heterocycles. The molecule has 5 nitrogen and oxygen atoms in total. The molecule has 0 saturated heterocycles. The van der Waals surface area contributed by atoms with Gasteiger partial charge in [0.25, 0.3) is 0 Å². The highest BCUT2D eigenvalue weighted by molar-refractivity contribution is 7.08. The third-order valence-corrected chi connectivity index (χ3v) is 2.32. The van der Waals surface area contributed by atoms with Gasteiger partial charge < -0.3 is 5.73 Å². The van der Waals surface area contributed by atoms with Gasteiger partial charge in [-0.15, -0.1) is 5.10 Å². The first-order valence-electron chi connectivity index (χ1n) is 3.85. The number of rotatable bonds is 2. The van der Waals surface area contributed by atoms with Gasteiger partial charge in [-0.25, -0.2) is 0 Å². The quantitative estimate of drug-likeness (QED) is 0.767. The summed E-state index contributed by atoms with van der Waals surface area (Å²) in [7, 11) is 0. The lowest BCUT2D eigenvalue weighted by Gasteiger charge is -2.03.